The van der Waals surface area contributed by atoms with Crippen LogP contribution in [-0.4, -0.2) is 13.0 Å². The first-order chi connectivity index (χ1) is 9.61. The number of rotatable bonds is 4. The summed E-state index contributed by atoms with van der Waals surface area (Å²) >= 11 is 0. The molecule has 0 unspecified atom stereocenters. The monoisotopic (exact) mass is 272 g/mol. The van der Waals surface area contributed by atoms with Crippen LogP contribution in [0, 0.1) is 5.82 Å². The highest BCUT2D eigenvalue weighted by atomic mass is 19.1. The smallest absolute Gasteiger partial charge is 0.231 e. The van der Waals surface area contributed by atoms with Crippen molar-refractivity contribution in [3.05, 3.63) is 65.5 Å². The number of hydrogen-bond acceptors (Lipinski definition) is 2. The molecule has 0 saturated heterocycles. The second-order valence-corrected chi connectivity index (χ2v) is 4.59. The van der Waals surface area contributed by atoms with Crippen LogP contribution in [-0.2, 0) is 17.8 Å². The number of hydrogen-bond donors (Lipinski definition) is 1. The van der Waals surface area contributed by atoms with E-state index < -0.39 is 0 Å². The first-order valence-corrected chi connectivity index (χ1v) is 6.41. The second kappa shape index (κ2) is 6.30. The summed E-state index contributed by atoms with van der Waals surface area (Å²) in [7, 11) is 1.68. The molecule has 0 aliphatic carbocycles. The highest BCUT2D eigenvalue weighted by Gasteiger charge is 2.13. The van der Waals surface area contributed by atoms with E-state index in [2.05, 4.69) is 0 Å². The molecule has 2 N–H and O–H groups in total. The molecule has 20 heavy (non-hydrogen) atoms. The van der Waals surface area contributed by atoms with Crippen molar-refractivity contribution in [2.75, 3.05) is 11.9 Å². The number of benzene rings is 2. The third-order valence-corrected chi connectivity index (χ3v) is 3.21. The maximum absolute atomic E-state index is 13.5. The molecular weight excluding hydrogens is 255 g/mol. The number of nitrogens with two attached hydrogens (primary N) is 1. The number of likely N-dealkylation sites (N-methyl/N-ethyl adjacent to an activating group) is 1. The van der Waals surface area contributed by atoms with E-state index in [1.807, 2.05) is 24.3 Å². The zero-order valence-electron chi connectivity index (χ0n) is 11.3. The van der Waals surface area contributed by atoms with Crippen molar-refractivity contribution in [3.8, 4) is 0 Å². The summed E-state index contributed by atoms with van der Waals surface area (Å²) in [6.45, 7) is 0.420. The van der Waals surface area contributed by atoms with Gasteiger partial charge < -0.3 is 10.6 Å². The highest BCUT2D eigenvalue weighted by molar-refractivity contribution is 5.94. The van der Waals surface area contributed by atoms with Gasteiger partial charge in [0.05, 0.1) is 6.42 Å². The number of amides is 1. The van der Waals surface area contributed by atoms with Gasteiger partial charge in [0.15, 0.2) is 0 Å². The lowest BCUT2D eigenvalue weighted by Crippen LogP contribution is -2.28. The first kappa shape index (κ1) is 14.2. The van der Waals surface area contributed by atoms with Gasteiger partial charge in [-0.05, 0) is 29.3 Å². The van der Waals surface area contributed by atoms with Crippen LogP contribution in [0.4, 0.5) is 10.1 Å². The van der Waals surface area contributed by atoms with Gasteiger partial charge in [0, 0.05) is 19.3 Å². The number of nitrogens with zero attached hydrogens (tertiary/aromatic N) is 1. The van der Waals surface area contributed by atoms with Crippen LogP contribution < -0.4 is 10.6 Å². The molecule has 0 saturated carbocycles. The van der Waals surface area contributed by atoms with Crippen molar-refractivity contribution >= 4 is 11.6 Å². The van der Waals surface area contributed by atoms with Crippen LogP contribution in [0.15, 0.2) is 48.5 Å². The Morgan fingerprint density at radius 3 is 2.65 bits per heavy atom. The fourth-order valence-corrected chi connectivity index (χ4v) is 1.96. The number of halogens is 1. The van der Waals surface area contributed by atoms with Gasteiger partial charge in [-0.25, -0.2) is 4.39 Å². The van der Waals surface area contributed by atoms with Gasteiger partial charge in [0.25, 0.3) is 0 Å². The van der Waals surface area contributed by atoms with E-state index in [1.54, 1.807) is 25.2 Å². The standard InChI is InChI=1S/C16H17FN2O/c1-19(14-7-4-5-12(9-14)11-18)16(20)10-13-6-2-3-8-15(13)17/h2-9H,10-11,18H2,1H3. The lowest BCUT2D eigenvalue weighted by Gasteiger charge is -2.18. The summed E-state index contributed by atoms with van der Waals surface area (Å²) < 4.78 is 13.5. The lowest BCUT2D eigenvalue weighted by molar-refractivity contribution is -0.117. The average Bonchev–Trinajstić information content (AvgIpc) is 2.48. The van der Waals surface area contributed by atoms with Crippen molar-refractivity contribution in [2.24, 2.45) is 5.73 Å². The van der Waals surface area contributed by atoms with Crippen LogP contribution in [0.2, 0.25) is 0 Å². The molecule has 2 rings (SSSR count). The maximum Gasteiger partial charge on any atom is 0.231 e. The molecule has 0 aromatic heterocycles. The van der Waals surface area contributed by atoms with Crippen LogP contribution in [0.1, 0.15) is 11.1 Å². The summed E-state index contributed by atoms with van der Waals surface area (Å²) in [6, 6.07) is 13.8. The Hall–Kier alpha value is -2.20. The molecular formula is C16H17FN2O. The molecule has 0 aliphatic heterocycles. The van der Waals surface area contributed by atoms with Crippen molar-refractivity contribution in [3.63, 3.8) is 0 Å². The van der Waals surface area contributed by atoms with Crippen molar-refractivity contribution in [1.29, 1.82) is 0 Å². The van der Waals surface area contributed by atoms with Gasteiger partial charge in [-0.3, -0.25) is 4.79 Å². The maximum atomic E-state index is 13.5. The van der Waals surface area contributed by atoms with E-state index >= 15 is 0 Å². The minimum absolute atomic E-state index is 0.0377. The van der Waals surface area contributed by atoms with Gasteiger partial charge in [0.2, 0.25) is 5.91 Å². The van der Waals surface area contributed by atoms with E-state index in [1.165, 1.54) is 11.0 Å². The Bertz CT molecular complexity index is 613. The van der Waals surface area contributed by atoms with Gasteiger partial charge in [-0.15, -0.1) is 0 Å². The predicted molar refractivity (Wildman–Crippen MR) is 77.8 cm³/mol. The van der Waals surface area contributed by atoms with Crippen LogP contribution >= 0.6 is 0 Å². The van der Waals surface area contributed by atoms with Gasteiger partial charge >= 0.3 is 0 Å². The fraction of sp³-hybridized carbons (Fsp3) is 0.188. The van der Waals surface area contributed by atoms with E-state index in [0.717, 1.165) is 11.3 Å². The average molecular weight is 272 g/mol. The number of anilines is 1. The molecule has 0 fully saturated rings. The molecule has 104 valence electrons. The molecule has 0 bridgehead atoms. The molecule has 2 aromatic carbocycles. The number of carbonyl (C=O) groups is 1. The summed E-state index contributed by atoms with van der Waals surface area (Å²) in [5, 5.41) is 0. The van der Waals surface area contributed by atoms with E-state index in [9.17, 15) is 9.18 Å². The second-order valence-electron chi connectivity index (χ2n) is 4.59. The molecule has 1 amide bonds. The van der Waals surface area contributed by atoms with Gasteiger partial charge in [-0.2, -0.15) is 0 Å². The molecule has 0 spiro atoms. The van der Waals surface area contributed by atoms with Crippen molar-refractivity contribution in [1.82, 2.24) is 0 Å². The molecule has 3 nitrogen and oxygen atoms in total. The normalized spacial score (nSPS) is 10.3. The Kier molecular flexibility index (Phi) is 4.48. The van der Waals surface area contributed by atoms with Crippen LogP contribution in [0.5, 0.6) is 0 Å². The Morgan fingerprint density at radius 1 is 1.20 bits per heavy atom. The minimum atomic E-state index is -0.357. The molecule has 0 heterocycles. The van der Waals surface area contributed by atoms with Gasteiger partial charge in [0.1, 0.15) is 5.82 Å². The fourth-order valence-electron chi connectivity index (χ4n) is 1.96. The lowest BCUT2D eigenvalue weighted by atomic mass is 10.1. The topological polar surface area (TPSA) is 46.3 Å². The largest absolute Gasteiger partial charge is 0.326 e. The minimum Gasteiger partial charge on any atom is -0.326 e. The Morgan fingerprint density at radius 2 is 1.95 bits per heavy atom. The predicted octanol–water partition coefficient (Wildman–Crippen LogP) is 2.49. The van der Waals surface area contributed by atoms with Crippen LogP contribution in [0.25, 0.3) is 0 Å². The molecule has 0 radical (unpaired) electrons. The Labute approximate surface area is 117 Å². The SMILES string of the molecule is CN(C(=O)Cc1ccccc1F)c1cccc(CN)c1. The molecule has 0 atom stereocenters. The first-order valence-electron chi connectivity index (χ1n) is 6.41. The zero-order chi connectivity index (χ0) is 14.5. The highest BCUT2D eigenvalue weighted by Crippen LogP contribution is 2.16. The zero-order valence-corrected chi connectivity index (χ0v) is 11.3. The molecule has 0 aliphatic rings. The third-order valence-electron chi connectivity index (χ3n) is 3.21. The van der Waals surface area contributed by atoms with E-state index in [-0.39, 0.29) is 18.1 Å². The van der Waals surface area contributed by atoms with Crippen LogP contribution in [0.3, 0.4) is 0 Å². The summed E-state index contributed by atoms with van der Waals surface area (Å²) in [5.41, 5.74) is 7.70. The summed E-state index contributed by atoms with van der Waals surface area (Å²) in [4.78, 5) is 13.7. The van der Waals surface area contributed by atoms with E-state index in [0.29, 0.717) is 12.1 Å². The quantitative estimate of drug-likeness (QED) is 0.929. The Balaban J connectivity index is 2.14. The van der Waals surface area contributed by atoms with E-state index in [4.69, 9.17) is 5.73 Å². The van der Waals surface area contributed by atoms with Crippen molar-refractivity contribution in [2.45, 2.75) is 13.0 Å². The summed E-state index contributed by atoms with van der Waals surface area (Å²) in [5.74, 6) is -0.519. The van der Waals surface area contributed by atoms with Crippen molar-refractivity contribution < 1.29 is 9.18 Å². The molecule has 4 heteroatoms. The molecule has 2 aromatic rings. The van der Waals surface area contributed by atoms with Gasteiger partial charge in [-0.1, -0.05) is 30.3 Å². The third kappa shape index (κ3) is 3.22. The summed E-state index contributed by atoms with van der Waals surface area (Å²) in [6.07, 6.45) is 0.0377. The number of carbonyl (C=O) groups excluding carboxylic acids is 1.